The van der Waals surface area contributed by atoms with E-state index in [1.807, 2.05) is 6.20 Å². The van der Waals surface area contributed by atoms with E-state index in [9.17, 15) is 0 Å². The molecule has 185 valence electrons. The van der Waals surface area contributed by atoms with Gasteiger partial charge in [-0.2, -0.15) is 0 Å². The number of rotatable bonds is 10. The predicted octanol–water partition coefficient (Wildman–Crippen LogP) is 6.48. The Bertz CT molecular complexity index is 1450. The average molecular weight is 508 g/mol. The van der Waals surface area contributed by atoms with Crippen LogP contribution in [0.1, 0.15) is 29.2 Å². The van der Waals surface area contributed by atoms with Crippen LogP contribution in [0.5, 0.6) is 0 Å². The minimum absolute atomic E-state index is 0.407. The fraction of sp³-hybridized carbons (Fsp3) is 0.0882. The number of benzene rings is 4. The zero-order valence-corrected chi connectivity index (χ0v) is 23.3. The van der Waals surface area contributed by atoms with E-state index in [2.05, 4.69) is 152 Å². The van der Waals surface area contributed by atoms with Crippen molar-refractivity contribution in [3.05, 3.63) is 162 Å². The van der Waals surface area contributed by atoms with Gasteiger partial charge in [0.15, 0.2) is 0 Å². The Labute approximate surface area is 229 Å². The molecule has 1 heterocycles. The van der Waals surface area contributed by atoms with Crippen LogP contribution in [-0.2, 0) is 6.17 Å². The lowest BCUT2D eigenvalue weighted by atomic mass is 9.65. The summed E-state index contributed by atoms with van der Waals surface area (Å²) in [5.74, 6) is 0. The zero-order valence-electron chi connectivity index (χ0n) is 21.9. The van der Waals surface area contributed by atoms with Crippen molar-refractivity contribution in [2.45, 2.75) is 19.1 Å². The predicted molar refractivity (Wildman–Crippen MR) is 166 cm³/mol. The van der Waals surface area contributed by atoms with Gasteiger partial charge in [-0.15, -0.1) is 0 Å². The molecule has 0 aliphatic rings. The summed E-state index contributed by atoms with van der Waals surface area (Å²) in [6.07, 6.45) is 7.34. The number of aromatic nitrogens is 2. The van der Waals surface area contributed by atoms with E-state index in [1.165, 1.54) is 33.4 Å². The molecule has 1 radical (unpaired) electrons. The van der Waals surface area contributed by atoms with Crippen molar-refractivity contribution in [2.75, 3.05) is 0 Å². The second-order valence-electron chi connectivity index (χ2n) is 9.49. The SMILES string of the molecule is CC(C[SiH2]Cn1ccnc1[B]C(=Cc1ccccc1)c1ccccc1)=C(c1ccccc1)c1ccccc1. The summed E-state index contributed by atoms with van der Waals surface area (Å²) in [5.41, 5.74) is 9.97. The van der Waals surface area contributed by atoms with E-state index in [-0.39, 0.29) is 0 Å². The molecule has 1 aromatic heterocycles. The molecule has 0 N–H and O–H groups in total. The number of hydrogen-bond acceptors (Lipinski definition) is 1. The van der Waals surface area contributed by atoms with Crippen LogP contribution in [-0.4, -0.2) is 26.4 Å². The van der Waals surface area contributed by atoms with Crippen molar-refractivity contribution in [3.63, 3.8) is 0 Å². The summed E-state index contributed by atoms with van der Waals surface area (Å²) in [6, 6.07) is 43.8. The molecule has 0 fully saturated rings. The van der Waals surface area contributed by atoms with Gasteiger partial charge in [0.2, 0.25) is 7.28 Å². The first-order chi connectivity index (χ1) is 18.8. The molecule has 0 amide bonds. The van der Waals surface area contributed by atoms with Gasteiger partial charge in [0.1, 0.15) is 0 Å². The average Bonchev–Trinajstić information content (AvgIpc) is 3.42. The van der Waals surface area contributed by atoms with Crippen molar-refractivity contribution in [1.29, 1.82) is 0 Å². The van der Waals surface area contributed by atoms with Crippen LogP contribution in [0.25, 0.3) is 17.1 Å². The Morgan fingerprint density at radius 1 is 0.737 bits per heavy atom. The summed E-state index contributed by atoms with van der Waals surface area (Å²) < 4.78 is 2.33. The highest BCUT2D eigenvalue weighted by molar-refractivity contribution is 6.73. The summed E-state index contributed by atoms with van der Waals surface area (Å²) in [7, 11) is 1.81. The van der Waals surface area contributed by atoms with E-state index in [1.54, 1.807) is 0 Å². The molecule has 38 heavy (non-hydrogen) atoms. The Balaban J connectivity index is 1.34. The van der Waals surface area contributed by atoms with E-state index in [0.717, 1.165) is 23.4 Å². The van der Waals surface area contributed by atoms with Crippen LogP contribution in [0.4, 0.5) is 0 Å². The third-order valence-electron chi connectivity index (χ3n) is 6.76. The van der Waals surface area contributed by atoms with E-state index in [4.69, 9.17) is 4.98 Å². The van der Waals surface area contributed by atoms with E-state index >= 15 is 0 Å². The fourth-order valence-electron chi connectivity index (χ4n) is 4.87. The molecule has 0 saturated heterocycles. The molecule has 0 aliphatic heterocycles. The van der Waals surface area contributed by atoms with E-state index < -0.39 is 9.52 Å². The van der Waals surface area contributed by atoms with Crippen molar-refractivity contribution in [2.24, 2.45) is 0 Å². The Kier molecular flexibility index (Phi) is 8.65. The van der Waals surface area contributed by atoms with Crippen molar-refractivity contribution in [3.8, 4) is 0 Å². The lowest BCUT2D eigenvalue weighted by Gasteiger charge is -2.14. The molecule has 0 spiro atoms. The number of hydrogen-bond donors (Lipinski definition) is 0. The largest absolute Gasteiger partial charge is 0.347 e. The lowest BCUT2D eigenvalue weighted by molar-refractivity contribution is 0.901. The zero-order chi connectivity index (χ0) is 26.0. The Morgan fingerprint density at radius 3 is 1.84 bits per heavy atom. The molecule has 0 atom stereocenters. The molecule has 0 saturated carbocycles. The molecule has 4 heteroatoms. The molecule has 5 aromatic rings. The maximum atomic E-state index is 4.73. The summed E-state index contributed by atoms with van der Waals surface area (Å²) >= 11 is 0. The van der Waals surface area contributed by atoms with Gasteiger partial charge >= 0.3 is 0 Å². The third-order valence-corrected chi connectivity index (χ3v) is 8.67. The Hall–Kier alpha value is -4.15. The van der Waals surface area contributed by atoms with Crippen LogP contribution in [0.15, 0.2) is 139 Å². The summed E-state index contributed by atoms with van der Waals surface area (Å²) in [5, 5.41) is 0. The first-order valence-corrected chi connectivity index (χ1v) is 15.3. The van der Waals surface area contributed by atoms with Crippen LogP contribution < -0.4 is 5.72 Å². The van der Waals surface area contributed by atoms with Gasteiger partial charge < -0.3 is 4.57 Å². The number of allylic oxidation sites excluding steroid dienone is 1. The fourth-order valence-corrected chi connectivity index (χ4v) is 6.52. The van der Waals surface area contributed by atoms with Crippen LogP contribution in [0.2, 0.25) is 6.04 Å². The van der Waals surface area contributed by atoms with Gasteiger partial charge in [-0.1, -0.05) is 138 Å². The normalized spacial score (nSPS) is 11.6. The second-order valence-corrected chi connectivity index (χ2v) is 11.1. The monoisotopic (exact) mass is 507 g/mol. The van der Waals surface area contributed by atoms with Crippen molar-refractivity contribution >= 4 is 39.6 Å². The first-order valence-electron chi connectivity index (χ1n) is 13.3. The van der Waals surface area contributed by atoms with Gasteiger partial charge in [0, 0.05) is 28.1 Å². The maximum absolute atomic E-state index is 4.73. The molecule has 4 aromatic carbocycles. The van der Waals surface area contributed by atoms with Crippen molar-refractivity contribution < 1.29 is 0 Å². The van der Waals surface area contributed by atoms with Crippen LogP contribution >= 0.6 is 0 Å². The summed E-state index contributed by atoms with van der Waals surface area (Å²) in [4.78, 5) is 4.73. The van der Waals surface area contributed by atoms with Crippen LogP contribution in [0, 0.1) is 0 Å². The standard InChI is InChI=1S/C34H32BN2Si/c1-27(33(30-18-10-4-11-19-30)31-20-12-5-13-21-31)25-38-26-37-23-22-36-34(37)35-32(29-16-8-3-9-17-29)24-28-14-6-2-7-15-28/h2-24H,25-26,38H2,1H3. The molecule has 2 nitrogen and oxygen atoms in total. The molecular weight excluding hydrogens is 475 g/mol. The van der Waals surface area contributed by atoms with E-state index in [0.29, 0.717) is 0 Å². The minimum Gasteiger partial charge on any atom is -0.347 e. The molecular formula is C34H32BN2Si. The highest BCUT2D eigenvalue weighted by atomic mass is 28.2. The first kappa shape index (κ1) is 25.5. The topological polar surface area (TPSA) is 17.8 Å². The summed E-state index contributed by atoms with van der Waals surface area (Å²) in [6.45, 7) is 2.30. The molecule has 0 bridgehead atoms. The lowest BCUT2D eigenvalue weighted by Crippen LogP contribution is -2.29. The van der Waals surface area contributed by atoms with Gasteiger partial charge in [0.25, 0.3) is 0 Å². The van der Waals surface area contributed by atoms with Crippen LogP contribution in [0.3, 0.4) is 0 Å². The van der Waals surface area contributed by atoms with Gasteiger partial charge in [-0.05, 0) is 40.8 Å². The maximum Gasteiger partial charge on any atom is 0.241 e. The second kappa shape index (κ2) is 12.9. The quantitative estimate of drug-likeness (QED) is 0.156. The van der Waals surface area contributed by atoms with Gasteiger partial charge in [0.05, 0.1) is 5.72 Å². The molecule has 0 aliphatic carbocycles. The smallest absolute Gasteiger partial charge is 0.241 e. The highest BCUT2D eigenvalue weighted by Crippen LogP contribution is 2.28. The number of nitrogens with zero attached hydrogens (tertiary/aromatic N) is 2. The number of imidazole rings is 1. The third kappa shape index (κ3) is 6.59. The minimum atomic E-state index is -0.407. The van der Waals surface area contributed by atoms with Crippen molar-refractivity contribution in [1.82, 2.24) is 9.55 Å². The molecule has 0 unspecified atom stereocenters. The molecule has 5 rings (SSSR count). The van der Waals surface area contributed by atoms with Gasteiger partial charge in [-0.3, -0.25) is 4.98 Å². The Morgan fingerprint density at radius 2 is 1.26 bits per heavy atom. The van der Waals surface area contributed by atoms with Gasteiger partial charge in [-0.25, -0.2) is 0 Å². The highest BCUT2D eigenvalue weighted by Gasteiger charge is 2.12.